The van der Waals surface area contributed by atoms with Crippen molar-refractivity contribution in [2.24, 2.45) is 0 Å². The Hall–Kier alpha value is -0.770. The molecule has 0 radical (unpaired) electrons. The van der Waals surface area contributed by atoms with E-state index in [1.165, 1.54) is 12.3 Å². The van der Waals surface area contributed by atoms with Crippen LogP contribution in [0, 0.1) is 5.82 Å². The van der Waals surface area contributed by atoms with Gasteiger partial charge in [-0.05, 0) is 26.0 Å². The van der Waals surface area contributed by atoms with Crippen molar-refractivity contribution in [3.05, 3.63) is 24.1 Å². The third-order valence-corrected chi connectivity index (χ3v) is 4.04. The molecule has 4 heteroatoms. The predicted octanol–water partition coefficient (Wildman–Crippen LogP) is 2.53. The first-order valence-corrected chi connectivity index (χ1v) is 5.58. The van der Waals surface area contributed by atoms with Gasteiger partial charge in [0.25, 0.3) is 0 Å². The summed E-state index contributed by atoms with van der Waals surface area (Å²) in [6.07, 6.45) is 1.24. The second-order valence-corrected chi connectivity index (χ2v) is 5.65. The smallest absolute Gasteiger partial charge is 0.141 e. The highest BCUT2D eigenvalue weighted by atomic mass is 32.2. The maximum atomic E-state index is 12.6. The fourth-order valence-corrected chi connectivity index (χ4v) is 2.50. The van der Waals surface area contributed by atoms with Crippen LogP contribution in [0.25, 0.3) is 0 Å². The quantitative estimate of drug-likeness (QED) is 0.815. The van der Waals surface area contributed by atoms with Gasteiger partial charge >= 0.3 is 0 Å². The zero-order valence-corrected chi connectivity index (χ0v) is 9.07. The summed E-state index contributed by atoms with van der Waals surface area (Å²) in [4.78, 5) is 3.97. The Kier molecular flexibility index (Phi) is 2.39. The van der Waals surface area contributed by atoms with Crippen LogP contribution in [0.3, 0.4) is 0 Å². The zero-order chi connectivity index (χ0) is 10.2. The summed E-state index contributed by atoms with van der Waals surface area (Å²) in [5, 5.41) is 3.30. The molecular weight excluding hydrogens is 199 g/mol. The molecular formula is C10H13FN2S. The summed E-state index contributed by atoms with van der Waals surface area (Å²) in [6.45, 7) is 4.39. The van der Waals surface area contributed by atoms with Gasteiger partial charge in [-0.3, -0.25) is 0 Å². The minimum absolute atomic E-state index is 0.260. The van der Waals surface area contributed by atoms with Crippen LogP contribution in [0.1, 0.15) is 13.8 Å². The number of thioether (sulfide) groups is 1. The molecule has 76 valence electrons. The maximum Gasteiger partial charge on any atom is 0.141 e. The highest BCUT2D eigenvalue weighted by Gasteiger charge is 2.39. The molecule has 0 saturated carbocycles. The van der Waals surface area contributed by atoms with Crippen LogP contribution in [0.4, 0.5) is 10.2 Å². The first-order chi connectivity index (χ1) is 6.58. The van der Waals surface area contributed by atoms with Crippen LogP contribution in [0.2, 0.25) is 0 Å². The number of aromatic nitrogens is 1. The van der Waals surface area contributed by atoms with Gasteiger partial charge in [0.05, 0.1) is 12.2 Å². The fraction of sp³-hybridized carbons (Fsp3) is 0.500. The molecule has 14 heavy (non-hydrogen) atoms. The Morgan fingerprint density at radius 3 is 2.79 bits per heavy atom. The molecule has 0 amide bonds. The van der Waals surface area contributed by atoms with Crippen molar-refractivity contribution in [3.8, 4) is 0 Å². The summed E-state index contributed by atoms with van der Waals surface area (Å²) in [5.41, 5.74) is 0. The van der Waals surface area contributed by atoms with E-state index < -0.39 is 0 Å². The summed E-state index contributed by atoms with van der Waals surface area (Å²) < 4.78 is 12.8. The molecule has 2 nitrogen and oxygen atoms in total. The Labute approximate surface area is 87.3 Å². The largest absolute Gasteiger partial charge is 0.365 e. The summed E-state index contributed by atoms with van der Waals surface area (Å²) in [6, 6.07) is 3.54. The lowest BCUT2D eigenvalue weighted by atomic mass is 10.0. The summed E-state index contributed by atoms with van der Waals surface area (Å²) in [7, 11) is 0. The SMILES string of the molecule is CC1(C)SCC1Nc1ccc(F)cn1. The van der Waals surface area contributed by atoms with E-state index in [1.807, 2.05) is 11.8 Å². The van der Waals surface area contributed by atoms with Crippen molar-refractivity contribution in [3.63, 3.8) is 0 Å². The number of pyridine rings is 1. The van der Waals surface area contributed by atoms with Crippen LogP contribution < -0.4 is 5.32 Å². The molecule has 1 N–H and O–H groups in total. The van der Waals surface area contributed by atoms with Gasteiger partial charge in [0, 0.05) is 10.5 Å². The van der Waals surface area contributed by atoms with Gasteiger partial charge in [0.1, 0.15) is 11.6 Å². The number of anilines is 1. The lowest BCUT2D eigenvalue weighted by Gasteiger charge is -2.44. The van der Waals surface area contributed by atoms with Gasteiger partial charge in [-0.15, -0.1) is 0 Å². The monoisotopic (exact) mass is 212 g/mol. The number of hydrogen-bond donors (Lipinski definition) is 1. The predicted molar refractivity (Wildman–Crippen MR) is 58.1 cm³/mol. The molecule has 0 bridgehead atoms. The van der Waals surface area contributed by atoms with Gasteiger partial charge in [0.15, 0.2) is 0 Å². The molecule has 2 rings (SSSR count). The van der Waals surface area contributed by atoms with E-state index in [0.717, 1.165) is 11.6 Å². The molecule has 1 aliphatic rings. The molecule has 1 saturated heterocycles. The second-order valence-electron chi connectivity index (χ2n) is 3.97. The van der Waals surface area contributed by atoms with Crippen LogP contribution in [0.5, 0.6) is 0 Å². The molecule has 0 spiro atoms. The highest BCUT2D eigenvalue weighted by Crippen LogP contribution is 2.41. The lowest BCUT2D eigenvalue weighted by molar-refractivity contribution is 0.573. The molecule has 1 fully saturated rings. The van der Waals surface area contributed by atoms with Crippen molar-refractivity contribution < 1.29 is 4.39 Å². The van der Waals surface area contributed by atoms with E-state index >= 15 is 0 Å². The molecule has 0 aliphatic carbocycles. The first-order valence-electron chi connectivity index (χ1n) is 4.60. The van der Waals surface area contributed by atoms with Crippen LogP contribution in [-0.2, 0) is 0 Å². The van der Waals surface area contributed by atoms with Crippen molar-refractivity contribution in [1.82, 2.24) is 4.98 Å². The van der Waals surface area contributed by atoms with Crippen molar-refractivity contribution >= 4 is 17.6 Å². The third kappa shape index (κ3) is 1.85. The van der Waals surface area contributed by atoms with E-state index in [-0.39, 0.29) is 10.6 Å². The number of hydrogen-bond acceptors (Lipinski definition) is 3. The molecule has 1 aliphatic heterocycles. The van der Waals surface area contributed by atoms with Crippen LogP contribution >= 0.6 is 11.8 Å². The first kappa shape index (κ1) is 9.77. The van der Waals surface area contributed by atoms with Crippen LogP contribution in [0.15, 0.2) is 18.3 Å². The van der Waals surface area contributed by atoms with Crippen molar-refractivity contribution in [2.75, 3.05) is 11.1 Å². The minimum atomic E-state index is -0.294. The molecule has 1 aromatic rings. The van der Waals surface area contributed by atoms with Gasteiger partial charge < -0.3 is 5.32 Å². The Morgan fingerprint density at radius 1 is 1.57 bits per heavy atom. The topological polar surface area (TPSA) is 24.9 Å². The van der Waals surface area contributed by atoms with E-state index in [9.17, 15) is 4.39 Å². The van der Waals surface area contributed by atoms with Gasteiger partial charge in [0.2, 0.25) is 0 Å². The number of nitrogens with zero attached hydrogens (tertiary/aromatic N) is 1. The number of halogens is 1. The molecule has 0 aromatic carbocycles. The van der Waals surface area contributed by atoms with E-state index in [2.05, 4.69) is 24.1 Å². The molecule has 1 unspecified atom stereocenters. The minimum Gasteiger partial charge on any atom is -0.365 e. The Balaban J connectivity index is 2.01. The van der Waals surface area contributed by atoms with Gasteiger partial charge in [-0.1, -0.05) is 0 Å². The van der Waals surface area contributed by atoms with E-state index in [4.69, 9.17) is 0 Å². The van der Waals surface area contributed by atoms with Crippen molar-refractivity contribution in [1.29, 1.82) is 0 Å². The summed E-state index contributed by atoms with van der Waals surface area (Å²) in [5.74, 6) is 1.55. The zero-order valence-electron chi connectivity index (χ0n) is 8.25. The second kappa shape index (κ2) is 3.42. The normalized spacial score (nSPS) is 24.1. The average molecular weight is 212 g/mol. The van der Waals surface area contributed by atoms with Gasteiger partial charge in [-0.25, -0.2) is 9.37 Å². The van der Waals surface area contributed by atoms with E-state index in [1.54, 1.807) is 6.07 Å². The Bertz CT molecular complexity index is 323. The van der Waals surface area contributed by atoms with Crippen LogP contribution in [-0.4, -0.2) is 21.5 Å². The molecule has 2 heterocycles. The van der Waals surface area contributed by atoms with E-state index in [0.29, 0.717) is 6.04 Å². The number of rotatable bonds is 2. The van der Waals surface area contributed by atoms with Crippen molar-refractivity contribution in [2.45, 2.75) is 24.6 Å². The third-order valence-electron chi connectivity index (χ3n) is 2.51. The maximum absolute atomic E-state index is 12.6. The average Bonchev–Trinajstić information content (AvgIpc) is 2.15. The number of nitrogens with one attached hydrogen (secondary N) is 1. The van der Waals surface area contributed by atoms with Gasteiger partial charge in [-0.2, -0.15) is 11.8 Å². The molecule has 1 atom stereocenters. The lowest BCUT2D eigenvalue weighted by Crippen LogP contribution is -2.50. The molecule has 1 aromatic heterocycles. The highest BCUT2D eigenvalue weighted by molar-refractivity contribution is 8.02. The summed E-state index contributed by atoms with van der Waals surface area (Å²) >= 11 is 1.93. The fourth-order valence-electron chi connectivity index (χ4n) is 1.36. The Morgan fingerprint density at radius 2 is 2.36 bits per heavy atom. The standard InChI is InChI=1S/C10H13FN2S/c1-10(2)8(6-14-10)13-9-4-3-7(11)5-12-9/h3-5,8H,6H2,1-2H3,(H,12,13).